The SMILES string of the molecule is CC(=O)N1CCN(Cc2ccc(C(=O)O)cc2)CC(C(N)=O)C1. The predicted octanol–water partition coefficient (Wildman–Crippen LogP) is 0.150. The van der Waals surface area contributed by atoms with Crippen LogP contribution < -0.4 is 5.73 Å². The normalized spacial score (nSPS) is 19.2. The van der Waals surface area contributed by atoms with Crippen LogP contribution in [-0.4, -0.2) is 58.9 Å². The van der Waals surface area contributed by atoms with Gasteiger partial charge in [0.15, 0.2) is 0 Å². The Balaban J connectivity index is 2.07. The van der Waals surface area contributed by atoms with E-state index < -0.39 is 17.8 Å². The average Bonchev–Trinajstić information content (AvgIpc) is 2.71. The molecule has 1 saturated heterocycles. The van der Waals surface area contributed by atoms with Gasteiger partial charge in [0.05, 0.1) is 11.5 Å². The molecule has 3 N–H and O–H groups in total. The standard InChI is InChI=1S/C16H21N3O4/c1-11(20)19-7-6-18(9-14(10-19)15(17)21)8-12-2-4-13(5-3-12)16(22)23/h2-5,14H,6-10H2,1H3,(H2,17,21)(H,22,23). The number of carbonyl (C=O) groups excluding carboxylic acids is 2. The van der Waals surface area contributed by atoms with Crippen molar-refractivity contribution in [2.24, 2.45) is 11.7 Å². The molecule has 1 aliphatic rings. The topological polar surface area (TPSA) is 104 Å². The molecule has 23 heavy (non-hydrogen) atoms. The molecule has 1 heterocycles. The van der Waals surface area contributed by atoms with Gasteiger partial charge >= 0.3 is 5.97 Å². The molecule has 0 saturated carbocycles. The molecule has 124 valence electrons. The first-order chi connectivity index (χ1) is 10.9. The first-order valence-electron chi connectivity index (χ1n) is 7.46. The summed E-state index contributed by atoms with van der Waals surface area (Å²) in [5, 5.41) is 8.91. The highest BCUT2D eigenvalue weighted by Gasteiger charge is 2.27. The second kappa shape index (κ2) is 7.23. The van der Waals surface area contributed by atoms with Gasteiger partial charge in [-0.25, -0.2) is 4.79 Å². The van der Waals surface area contributed by atoms with E-state index in [0.29, 0.717) is 32.7 Å². The average molecular weight is 319 g/mol. The Hall–Kier alpha value is -2.41. The molecule has 1 aromatic rings. The van der Waals surface area contributed by atoms with Crippen LogP contribution in [0.1, 0.15) is 22.8 Å². The van der Waals surface area contributed by atoms with E-state index in [9.17, 15) is 14.4 Å². The summed E-state index contributed by atoms with van der Waals surface area (Å²) in [7, 11) is 0. The Morgan fingerprint density at radius 1 is 1.17 bits per heavy atom. The number of nitrogens with zero attached hydrogens (tertiary/aromatic N) is 2. The lowest BCUT2D eigenvalue weighted by atomic mass is 10.1. The van der Waals surface area contributed by atoms with Crippen LogP contribution in [0, 0.1) is 5.92 Å². The van der Waals surface area contributed by atoms with E-state index in [-0.39, 0.29) is 11.5 Å². The molecule has 1 fully saturated rings. The molecule has 1 aromatic carbocycles. The van der Waals surface area contributed by atoms with E-state index in [4.69, 9.17) is 10.8 Å². The van der Waals surface area contributed by atoms with E-state index in [1.807, 2.05) is 0 Å². The fraction of sp³-hybridized carbons (Fsp3) is 0.438. The number of amides is 2. The van der Waals surface area contributed by atoms with Gasteiger partial charge < -0.3 is 15.7 Å². The molecule has 0 radical (unpaired) electrons. The Morgan fingerprint density at radius 2 is 1.83 bits per heavy atom. The van der Waals surface area contributed by atoms with Crippen LogP contribution in [-0.2, 0) is 16.1 Å². The number of carboxylic acids is 1. The fourth-order valence-electron chi connectivity index (χ4n) is 2.70. The minimum absolute atomic E-state index is 0.0658. The zero-order chi connectivity index (χ0) is 17.0. The molecule has 0 aromatic heterocycles. The number of primary amides is 1. The van der Waals surface area contributed by atoms with Crippen molar-refractivity contribution in [3.05, 3.63) is 35.4 Å². The molecule has 0 bridgehead atoms. The first-order valence-corrected chi connectivity index (χ1v) is 7.46. The Labute approximate surface area is 134 Å². The maximum atomic E-state index is 11.6. The zero-order valence-corrected chi connectivity index (χ0v) is 13.1. The largest absolute Gasteiger partial charge is 0.478 e. The third kappa shape index (κ3) is 4.53. The van der Waals surface area contributed by atoms with Crippen molar-refractivity contribution in [2.45, 2.75) is 13.5 Å². The highest BCUT2D eigenvalue weighted by Crippen LogP contribution is 2.14. The third-order valence-corrected chi connectivity index (χ3v) is 4.06. The highest BCUT2D eigenvalue weighted by molar-refractivity contribution is 5.87. The summed E-state index contributed by atoms with van der Waals surface area (Å²) in [5.74, 6) is -1.84. The lowest BCUT2D eigenvalue weighted by Crippen LogP contribution is -2.39. The summed E-state index contributed by atoms with van der Waals surface area (Å²) in [6.45, 7) is 4.09. The third-order valence-electron chi connectivity index (χ3n) is 4.06. The molecule has 0 aliphatic carbocycles. The molecule has 7 heteroatoms. The Kier molecular flexibility index (Phi) is 5.33. The molecule has 1 atom stereocenters. The van der Waals surface area contributed by atoms with Crippen LogP contribution in [0.15, 0.2) is 24.3 Å². The van der Waals surface area contributed by atoms with Crippen LogP contribution in [0.3, 0.4) is 0 Å². The second-order valence-electron chi connectivity index (χ2n) is 5.80. The van der Waals surface area contributed by atoms with Gasteiger partial charge in [-0.3, -0.25) is 14.5 Å². The molecule has 1 aliphatic heterocycles. The van der Waals surface area contributed by atoms with Gasteiger partial charge in [-0.05, 0) is 17.7 Å². The number of benzene rings is 1. The van der Waals surface area contributed by atoms with Crippen molar-refractivity contribution in [1.82, 2.24) is 9.80 Å². The molecule has 0 spiro atoms. The van der Waals surface area contributed by atoms with E-state index in [1.54, 1.807) is 29.2 Å². The number of hydrogen-bond donors (Lipinski definition) is 2. The number of hydrogen-bond acceptors (Lipinski definition) is 4. The van der Waals surface area contributed by atoms with E-state index in [0.717, 1.165) is 5.56 Å². The zero-order valence-electron chi connectivity index (χ0n) is 13.1. The van der Waals surface area contributed by atoms with Crippen molar-refractivity contribution in [3.63, 3.8) is 0 Å². The van der Waals surface area contributed by atoms with Gasteiger partial charge in [0.2, 0.25) is 11.8 Å². The first kappa shape index (κ1) is 17.0. The van der Waals surface area contributed by atoms with Gasteiger partial charge in [0, 0.05) is 39.6 Å². The summed E-state index contributed by atoms with van der Waals surface area (Å²) in [6.07, 6.45) is 0. The van der Waals surface area contributed by atoms with Crippen molar-refractivity contribution in [1.29, 1.82) is 0 Å². The highest BCUT2D eigenvalue weighted by atomic mass is 16.4. The summed E-state index contributed by atoms with van der Waals surface area (Å²) >= 11 is 0. The predicted molar refractivity (Wildman–Crippen MR) is 83.6 cm³/mol. The summed E-state index contributed by atoms with van der Waals surface area (Å²) in [4.78, 5) is 37.7. The van der Waals surface area contributed by atoms with E-state index in [2.05, 4.69) is 4.90 Å². The van der Waals surface area contributed by atoms with Gasteiger partial charge in [-0.2, -0.15) is 0 Å². The molecule has 1 unspecified atom stereocenters. The number of aromatic carboxylic acids is 1. The number of nitrogens with two attached hydrogens (primary N) is 1. The number of carboxylic acid groups (broad SMARTS) is 1. The smallest absolute Gasteiger partial charge is 0.335 e. The van der Waals surface area contributed by atoms with Crippen LogP contribution >= 0.6 is 0 Å². The van der Waals surface area contributed by atoms with Gasteiger partial charge in [0.1, 0.15) is 0 Å². The molecule has 2 rings (SSSR count). The van der Waals surface area contributed by atoms with Gasteiger partial charge in [-0.1, -0.05) is 12.1 Å². The molecular formula is C16H21N3O4. The van der Waals surface area contributed by atoms with Crippen LogP contribution in [0.5, 0.6) is 0 Å². The molecule has 7 nitrogen and oxygen atoms in total. The van der Waals surface area contributed by atoms with Crippen LogP contribution in [0.4, 0.5) is 0 Å². The molecular weight excluding hydrogens is 298 g/mol. The van der Waals surface area contributed by atoms with E-state index in [1.165, 1.54) is 6.92 Å². The lowest BCUT2D eigenvalue weighted by molar-refractivity contribution is -0.130. The summed E-state index contributed by atoms with van der Waals surface area (Å²) in [6, 6.07) is 6.64. The Morgan fingerprint density at radius 3 is 2.35 bits per heavy atom. The number of carbonyl (C=O) groups is 3. The van der Waals surface area contributed by atoms with Crippen molar-refractivity contribution < 1.29 is 19.5 Å². The maximum absolute atomic E-state index is 11.6. The van der Waals surface area contributed by atoms with Crippen LogP contribution in [0.2, 0.25) is 0 Å². The fourth-order valence-corrected chi connectivity index (χ4v) is 2.70. The minimum atomic E-state index is -0.961. The summed E-state index contributed by atoms with van der Waals surface area (Å²) in [5.41, 5.74) is 6.63. The van der Waals surface area contributed by atoms with Crippen LogP contribution in [0.25, 0.3) is 0 Å². The minimum Gasteiger partial charge on any atom is -0.478 e. The molecule has 2 amide bonds. The summed E-state index contributed by atoms with van der Waals surface area (Å²) < 4.78 is 0. The van der Waals surface area contributed by atoms with Crippen molar-refractivity contribution in [2.75, 3.05) is 26.2 Å². The quantitative estimate of drug-likeness (QED) is 0.822. The Bertz CT molecular complexity index is 600. The maximum Gasteiger partial charge on any atom is 0.335 e. The number of rotatable bonds is 4. The lowest BCUT2D eigenvalue weighted by Gasteiger charge is -2.22. The van der Waals surface area contributed by atoms with Gasteiger partial charge in [0.25, 0.3) is 0 Å². The van der Waals surface area contributed by atoms with Gasteiger partial charge in [-0.15, -0.1) is 0 Å². The monoisotopic (exact) mass is 319 g/mol. The van der Waals surface area contributed by atoms with Crippen molar-refractivity contribution >= 4 is 17.8 Å². The second-order valence-corrected chi connectivity index (χ2v) is 5.80. The van der Waals surface area contributed by atoms with E-state index >= 15 is 0 Å². The van der Waals surface area contributed by atoms with Crippen molar-refractivity contribution in [3.8, 4) is 0 Å².